The van der Waals surface area contributed by atoms with Crippen LogP contribution in [0.2, 0.25) is 5.02 Å². The van der Waals surface area contributed by atoms with Crippen molar-refractivity contribution in [3.63, 3.8) is 0 Å². The SMILES string of the molecule is COc1cc(-c2cc(=O)c3cccc(Cl)c3o2)c(OC2CC(C(=O)O)C2)cc1Br. The maximum atomic E-state index is 12.6. The topological polar surface area (TPSA) is 86.0 Å². The van der Waals surface area contributed by atoms with Gasteiger partial charge in [0.1, 0.15) is 23.4 Å². The molecule has 4 rings (SSSR count). The lowest BCUT2D eigenvalue weighted by molar-refractivity contribution is -0.147. The molecule has 29 heavy (non-hydrogen) atoms. The van der Waals surface area contributed by atoms with Gasteiger partial charge in [0.2, 0.25) is 0 Å². The van der Waals surface area contributed by atoms with Crippen molar-refractivity contribution >= 4 is 44.5 Å². The van der Waals surface area contributed by atoms with E-state index in [1.807, 2.05) is 0 Å². The van der Waals surface area contributed by atoms with Crippen LogP contribution in [0.25, 0.3) is 22.3 Å². The predicted molar refractivity (Wildman–Crippen MR) is 112 cm³/mol. The van der Waals surface area contributed by atoms with Crippen molar-refractivity contribution in [3.05, 3.63) is 56.1 Å². The number of halogens is 2. The number of carbonyl (C=O) groups is 1. The van der Waals surface area contributed by atoms with Crippen LogP contribution < -0.4 is 14.9 Å². The monoisotopic (exact) mass is 478 g/mol. The molecule has 0 radical (unpaired) electrons. The van der Waals surface area contributed by atoms with Gasteiger partial charge in [-0.25, -0.2) is 0 Å². The Balaban J connectivity index is 1.80. The number of rotatable bonds is 5. The number of ether oxygens (including phenoxy) is 2. The van der Waals surface area contributed by atoms with Gasteiger partial charge in [0, 0.05) is 6.07 Å². The summed E-state index contributed by atoms with van der Waals surface area (Å²) in [5, 5.41) is 9.79. The van der Waals surface area contributed by atoms with E-state index in [1.54, 1.807) is 30.3 Å². The van der Waals surface area contributed by atoms with E-state index in [0.29, 0.717) is 50.4 Å². The molecule has 0 saturated heterocycles. The average molecular weight is 480 g/mol. The van der Waals surface area contributed by atoms with Crippen molar-refractivity contribution in [2.45, 2.75) is 18.9 Å². The molecule has 8 heteroatoms. The minimum Gasteiger partial charge on any atom is -0.496 e. The molecule has 0 unspecified atom stereocenters. The summed E-state index contributed by atoms with van der Waals surface area (Å²) in [6, 6.07) is 9.79. The van der Waals surface area contributed by atoms with Crippen LogP contribution in [0.1, 0.15) is 12.8 Å². The van der Waals surface area contributed by atoms with E-state index in [0.717, 1.165) is 0 Å². The summed E-state index contributed by atoms with van der Waals surface area (Å²) in [5.74, 6) is 0.0524. The van der Waals surface area contributed by atoms with Crippen molar-refractivity contribution in [2.24, 2.45) is 5.92 Å². The number of aliphatic carboxylic acids is 1. The molecular formula is C21H16BrClO6. The van der Waals surface area contributed by atoms with E-state index < -0.39 is 11.9 Å². The molecule has 6 nitrogen and oxygen atoms in total. The van der Waals surface area contributed by atoms with Crippen LogP contribution in [0.5, 0.6) is 11.5 Å². The molecule has 0 amide bonds. The molecule has 1 aliphatic rings. The van der Waals surface area contributed by atoms with Gasteiger partial charge >= 0.3 is 5.97 Å². The summed E-state index contributed by atoms with van der Waals surface area (Å²) in [7, 11) is 1.53. The van der Waals surface area contributed by atoms with Crippen molar-refractivity contribution in [1.82, 2.24) is 0 Å². The molecule has 0 aliphatic heterocycles. The molecule has 0 spiro atoms. The second kappa shape index (κ2) is 7.72. The first-order chi connectivity index (χ1) is 13.9. The Bertz CT molecular complexity index is 1170. The highest BCUT2D eigenvalue weighted by Crippen LogP contribution is 2.42. The first-order valence-electron chi connectivity index (χ1n) is 8.87. The summed E-state index contributed by atoms with van der Waals surface area (Å²) in [6.45, 7) is 0. The maximum Gasteiger partial charge on any atom is 0.306 e. The van der Waals surface area contributed by atoms with E-state index in [4.69, 9.17) is 30.6 Å². The van der Waals surface area contributed by atoms with Gasteiger partial charge in [0.25, 0.3) is 0 Å². The molecular weight excluding hydrogens is 464 g/mol. The molecule has 150 valence electrons. The molecule has 1 aromatic heterocycles. The minimum absolute atomic E-state index is 0.230. The number of para-hydroxylation sites is 1. The second-order valence-electron chi connectivity index (χ2n) is 6.82. The van der Waals surface area contributed by atoms with Crippen LogP contribution in [0.15, 0.2) is 50.1 Å². The van der Waals surface area contributed by atoms with Gasteiger partial charge in [-0.1, -0.05) is 17.7 Å². The summed E-state index contributed by atoms with van der Waals surface area (Å²) in [5.41, 5.74) is 0.577. The zero-order chi connectivity index (χ0) is 20.7. The summed E-state index contributed by atoms with van der Waals surface area (Å²) < 4.78 is 18.0. The number of carboxylic acids is 1. The van der Waals surface area contributed by atoms with E-state index in [1.165, 1.54) is 13.2 Å². The molecule has 2 aromatic carbocycles. The molecule has 3 aromatic rings. The van der Waals surface area contributed by atoms with Crippen LogP contribution in [-0.2, 0) is 4.79 Å². The molecule has 1 aliphatic carbocycles. The van der Waals surface area contributed by atoms with Gasteiger partial charge in [0.15, 0.2) is 11.0 Å². The molecule has 0 atom stereocenters. The Morgan fingerprint density at radius 2 is 2.00 bits per heavy atom. The Labute approximate surface area is 179 Å². The Kier molecular flexibility index (Phi) is 5.27. The Hall–Kier alpha value is -2.51. The zero-order valence-corrected chi connectivity index (χ0v) is 17.6. The fraction of sp³-hybridized carbons (Fsp3) is 0.238. The third kappa shape index (κ3) is 3.72. The first kappa shape index (κ1) is 19.8. The summed E-state index contributed by atoms with van der Waals surface area (Å²) in [6.07, 6.45) is 0.614. The number of fused-ring (bicyclic) bond motifs is 1. The van der Waals surface area contributed by atoms with Gasteiger partial charge in [-0.15, -0.1) is 0 Å². The number of hydrogen-bond donors (Lipinski definition) is 1. The summed E-state index contributed by atoms with van der Waals surface area (Å²) >= 11 is 9.65. The first-order valence-corrected chi connectivity index (χ1v) is 10.0. The van der Waals surface area contributed by atoms with Gasteiger partial charge in [-0.2, -0.15) is 0 Å². The lowest BCUT2D eigenvalue weighted by atomic mass is 9.82. The molecule has 1 N–H and O–H groups in total. The largest absolute Gasteiger partial charge is 0.496 e. The number of benzene rings is 2. The molecule has 1 heterocycles. The van der Waals surface area contributed by atoms with Crippen molar-refractivity contribution in [3.8, 4) is 22.8 Å². The van der Waals surface area contributed by atoms with Crippen molar-refractivity contribution in [1.29, 1.82) is 0 Å². The maximum absolute atomic E-state index is 12.6. The second-order valence-corrected chi connectivity index (χ2v) is 8.08. The minimum atomic E-state index is -0.823. The van der Waals surface area contributed by atoms with E-state index in [2.05, 4.69) is 15.9 Å². The molecule has 1 saturated carbocycles. The van der Waals surface area contributed by atoms with Crippen LogP contribution in [0.4, 0.5) is 0 Å². The average Bonchev–Trinajstić information content (AvgIpc) is 2.64. The quantitative estimate of drug-likeness (QED) is 0.546. The predicted octanol–water partition coefficient (Wildman–Crippen LogP) is 5.13. The summed E-state index contributed by atoms with van der Waals surface area (Å²) in [4.78, 5) is 23.7. The molecule has 1 fully saturated rings. The highest BCUT2D eigenvalue weighted by Gasteiger charge is 2.36. The van der Waals surface area contributed by atoms with Gasteiger partial charge < -0.3 is 19.0 Å². The lowest BCUT2D eigenvalue weighted by Crippen LogP contribution is -2.38. The van der Waals surface area contributed by atoms with Gasteiger partial charge in [0.05, 0.1) is 33.5 Å². The molecule has 0 bridgehead atoms. The van der Waals surface area contributed by atoms with Crippen LogP contribution in [-0.4, -0.2) is 24.3 Å². The fourth-order valence-corrected chi connectivity index (χ4v) is 4.00. The van der Waals surface area contributed by atoms with Gasteiger partial charge in [-0.3, -0.25) is 9.59 Å². The highest BCUT2D eigenvalue weighted by atomic mass is 79.9. The third-order valence-electron chi connectivity index (χ3n) is 4.96. The normalized spacial score (nSPS) is 18.3. The van der Waals surface area contributed by atoms with Gasteiger partial charge in [-0.05, 0) is 53.0 Å². The Morgan fingerprint density at radius 1 is 1.24 bits per heavy atom. The zero-order valence-electron chi connectivity index (χ0n) is 15.3. The smallest absolute Gasteiger partial charge is 0.306 e. The van der Waals surface area contributed by atoms with E-state index in [-0.39, 0.29) is 17.3 Å². The van der Waals surface area contributed by atoms with Crippen LogP contribution in [0, 0.1) is 5.92 Å². The van der Waals surface area contributed by atoms with E-state index in [9.17, 15) is 9.59 Å². The standard InChI is InChI=1S/C21H16BrClO6/c1-27-19-7-13(17(8-14(19)22)28-11-5-10(6-11)21(25)26)18-9-16(24)12-3-2-4-15(23)20(12)29-18/h2-4,7-11H,5-6H2,1H3,(H,25,26). The number of methoxy groups -OCH3 is 1. The van der Waals surface area contributed by atoms with E-state index >= 15 is 0 Å². The highest BCUT2D eigenvalue weighted by molar-refractivity contribution is 9.10. The third-order valence-corrected chi connectivity index (χ3v) is 5.88. The van der Waals surface area contributed by atoms with Crippen molar-refractivity contribution < 1.29 is 23.8 Å². The van der Waals surface area contributed by atoms with Crippen molar-refractivity contribution in [2.75, 3.05) is 7.11 Å². The van der Waals surface area contributed by atoms with Crippen LogP contribution in [0.3, 0.4) is 0 Å². The van der Waals surface area contributed by atoms with Crippen LogP contribution >= 0.6 is 27.5 Å². The Morgan fingerprint density at radius 3 is 2.69 bits per heavy atom. The number of hydrogen-bond acceptors (Lipinski definition) is 5. The number of carboxylic acid groups (broad SMARTS) is 1. The lowest BCUT2D eigenvalue weighted by Gasteiger charge is -2.33. The fourth-order valence-electron chi connectivity index (χ4n) is 3.30.